The molecule has 1 aromatic rings. The van der Waals surface area contributed by atoms with E-state index >= 15 is 0 Å². The molecule has 0 bridgehead atoms. The summed E-state index contributed by atoms with van der Waals surface area (Å²) in [5.74, 6) is 2.47. The highest BCUT2D eigenvalue weighted by atomic mass is 19.4. The molecule has 2 aliphatic heterocycles. The van der Waals surface area contributed by atoms with E-state index in [0.717, 1.165) is 6.07 Å². The van der Waals surface area contributed by atoms with Gasteiger partial charge in [-0.15, -0.1) is 6.42 Å². The zero-order valence-corrected chi connectivity index (χ0v) is 13.8. The number of alkyl halides is 3. The molecule has 1 N–H and O–H groups in total. The number of carboxylic acids is 1. The normalized spacial score (nSPS) is 29.8. The van der Waals surface area contributed by atoms with Crippen molar-refractivity contribution in [2.24, 2.45) is 17.8 Å². The summed E-state index contributed by atoms with van der Waals surface area (Å²) in [5.41, 5.74) is -0.983. The molecule has 6 nitrogen and oxygen atoms in total. The van der Waals surface area contributed by atoms with Gasteiger partial charge in [-0.25, -0.2) is 4.98 Å². The van der Waals surface area contributed by atoms with E-state index in [1.165, 1.54) is 0 Å². The standard InChI is InChI=1S/C17H17F3N4O2/c1-2-9-3-4-24(9)16-21-13(17(18,19)20)6-14(22-16)23-7-11-10(5-15(25)26)12(11)8-23/h1,6,9-12H,3-5,7-8H2,(H,25,26)/t9-,10?,11-,12+/m0/s1. The van der Waals surface area contributed by atoms with E-state index in [2.05, 4.69) is 15.9 Å². The van der Waals surface area contributed by atoms with Gasteiger partial charge in [0.25, 0.3) is 0 Å². The Kier molecular flexibility index (Phi) is 3.75. The highest BCUT2D eigenvalue weighted by molar-refractivity contribution is 5.68. The average Bonchev–Trinajstić information content (AvgIpc) is 2.96. The lowest BCUT2D eigenvalue weighted by atomic mass is 10.1. The number of carboxylic acid groups (broad SMARTS) is 1. The summed E-state index contributed by atoms with van der Waals surface area (Å²) in [4.78, 5) is 22.2. The molecular weight excluding hydrogens is 349 g/mol. The van der Waals surface area contributed by atoms with E-state index in [1.54, 1.807) is 9.80 Å². The van der Waals surface area contributed by atoms with Crippen LogP contribution in [0.1, 0.15) is 18.5 Å². The maximum absolute atomic E-state index is 13.3. The largest absolute Gasteiger partial charge is 0.481 e. The summed E-state index contributed by atoms with van der Waals surface area (Å²) in [6.07, 6.45) is 1.64. The van der Waals surface area contributed by atoms with Gasteiger partial charge in [-0.05, 0) is 24.2 Å². The molecule has 0 radical (unpaired) electrons. The van der Waals surface area contributed by atoms with Gasteiger partial charge in [0.15, 0.2) is 5.69 Å². The second kappa shape index (κ2) is 5.76. The second-order valence-corrected chi connectivity index (χ2v) is 7.07. The number of anilines is 2. The maximum atomic E-state index is 13.3. The molecule has 138 valence electrons. The van der Waals surface area contributed by atoms with Gasteiger partial charge in [0.2, 0.25) is 5.95 Å². The van der Waals surface area contributed by atoms with Crippen LogP contribution in [-0.4, -0.2) is 46.7 Å². The molecule has 26 heavy (non-hydrogen) atoms. The molecule has 0 amide bonds. The van der Waals surface area contributed by atoms with Crippen molar-refractivity contribution in [3.8, 4) is 12.3 Å². The van der Waals surface area contributed by atoms with Crippen molar-refractivity contribution in [1.82, 2.24) is 9.97 Å². The van der Waals surface area contributed by atoms with E-state index in [9.17, 15) is 18.0 Å². The van der Waals surface area contributed by atoms with Gasteiger partial charge < -0.3 is 14.9 Å². The summed E-state index contributed by atoms with van der Waals surface area (Å²) >= 11 is 0. The minimum absolute atomic E-state index is 0.00619. The Bertz CT molecular complexity index is 779. The van der Waals surface area contributed by atoms with E-state index in [-0.39, 0.29) is 42.0 Å². The van der Waals surface area contributed by atoms with Crippen LogP contribution in [0.2, 0.25) is 0 Å². The van der Waals surface area contributed by atoms with E-state index < -0.39 is 17.8 Å². The molecule has 1 saturated carbocycles. The average molecular weight is 366 g/mol. The van der Waals surface area contributed by atoms with Gasteiger partial charge in [-0.2, -0.15) is 18.2 Å². The van der Waals surface area contributed by atoms with Gasteiger partial charge in [0.1, 0.15) is 5.82 Å². The van der Waals surface area contributed by atoms with Crippen molar-refractivity contribution < 1.29 is 23.1 Å². The van der Waals surface area contributed by atoms with Crippen LogP contribution in [0.3, 0.4) is 0 Å². The van der Waals surface area contributed by atoms with Crippen LogP contribution < -0.4 is 9.80 Å². The number of terminal acetylenes is 1. The summed E-state index contributed by atoms with van der Waals surface area (Å²) < 4.78 is 39.8. The molecule has 9 heteroatoms. The first-order chi connectivity index (χ1) is 12.3. The van der Waals surface area contributed by atoms with E-state index in [0.29, 0.717) is 26.1 Å². The first-order valence-electron chi connectivity index (χ1n) is 8.43. The predicted molar refractivity (Wildman–Crippen MR) is 86.6 cm³/mol. The highest BCUT2D eigenvalue weighted by Gasteiger charge is 2.56. The van der Waals surface area contributed by atoms with Crippen molar-refractivity contribution in [1.29, 1.82) is 0 Å². The van der Waals surface area contributed by atoms with Crippen LogP contribution in [0.15, 0.2) is 6.07 Å². The van der Waals surface area contributed by atoms with Crippen LogP contribution in [-0.2, 0) is 11.0 Å². The van der Waals surface area contributed by atoms with Crippen molar-refractivity contribution in [3.63, 3.8) is 0 Å². The van der Waals surface area contributed by atoms with Gasteiger partial charge in [0, 0.05) is 32.1 Å². The molecule has 1 aromatic heterocycles. The van der Waals surface area contributed by atoms with Crippen molar-refractivity contribution >= 4 is 17.7 Å². The minimum Gasteiger partial charge on any atom is -0.481 e. The third-order valence-electron chi connectivity index (χ3n) is 5.57. The highest BCUT2D eigenvalue weighted by Crippen LogP contribution is 2.54. The summed E-state index contributed by atoms with van der Waals surface area (Å²) in [6, 6.07) is 0.684. The molecular formula is C17H17F3N4O2. The van der Waals surface area contributed by atoms with Crippen LogP contribution in [0, 0.1) is 30.1 Å². The Morgan fingerprint density at radius 1 is 1.35 bits per heavy atom. The minimum atomic E-state index is -4.57. The van der Waals surface area contributed by atoms with Crippen molar-refractivity contribution in [2.45, 2.75) is 25.1 Å². The maximum Gasteiger partial charge on any atom is 0.433 e. The quantitative estimate of drug-likeness (QED) is 0.821. The van der Waals surface area contributed by atoms with Gasteiger partial charge in [-0.3, -0.25) is 4.79 Å². The zero-order valence-electron chi connectivity index (χ0n) is 13.8. The Morgan fingerprint density at radius 2 is 2.04 bits per heavy atom. The number of aliphatic carboxylic acids is 1. The molecule has 2 saturated heterocycles. The number of aromatic nitrogens is 2. The Hall–Kier alpha value is -2.50. The molecule has 1 unspecified atom stereocenters. The van der Waals surface area contributed by atoms with Crippen molar-refractivity contribution in [2.75, 3.05) is 29.4 Å². The SMILES string of the molecule is C#C[C@H]1CCN1c1nc(N2C[C@@H]3C(CC(=O)O)[C@@H]3C2)cc(C(F)(F)F)n1. The second-order valence-electron chi connectivity index (χ2n) is 7.07. The predicted octanol–water partition coefficient (Wildman–Crippen LogP) is 1.86. The topological polar surface area (TPSA) is 69.6 Å². The summed E-state index contributed by atoms with van der Waals surface area (Å²) in [5, 5.41) is 8.89. The van der Waals surface area contributed by atoms with Crippen LogP contribution >= 0.6 is 0 Å². The van der Waals surface area contributed by atoms with E-state index in [1.807, 2.05) is 0 Å². The molecule has 0 aromatic carbocycles. The van der Waals surface area contributed by atoms with Gasteiger partial charge in [-0.1, -0.05) is 5.92 Å². The Labute approximate surface area is 148 Å². The lowest BCUT2D eigenvalue weighted by Gasteiger charge is -2.38. The van der Waals surface area contributed by atoms with Crippen LogP contribution in [0.25, 0.3) is 0 Å². The first kappa shape index (κ1) is 16.9. The molecule has 4 rings (SSSR count). The number of hydrogen-bond donors (Lipinski definition) is 1. The lowest BCUT2D eigenvalue weighted by molar-refractivity contribution is -0.141. The number of hydrogen-bond acceptors (Lipinski definition) is 5. The summed E-state index contributed by atoms with van der Waals surface area (Å²) in [6.45, 7) is 1.57. The molecule has 0 spiro atoms. The lowest BCUT2D eigenvalue weighted by Crippen LogP contribution is -2.48. The van der Waals surface area contributed by atoms with Crippen molar-refractivity contribution in [3.05, 3.63) is 11.8 Å². The van der Waals surface area contributed by atoms with Crippen LogP contribution in [0.4, 0.5) is 24.9 Å². The van der Waals surface area contributed by atoms with Gasteiger partial charge in [0.05, 0.1) is 6.04 Å². The smallest absolute Gasteiger partial charge is 0.433 e. The molecule has 4 atom stereocenters. The molecule has 3 fully saturated rings. The van der Waals surface area contributed by atoms with Gasteiger partial charge >= 0.3 is 12.1 Å². The number of nitrogens with zero attached hydrogens (tertiary/aromatic N) is 4. The first-order valence-corrected chi connectivity index (χ1v) is 8.43. The number of carbonyl (C=O) groups is 1. The van der Waals surface area contributed by atoms with Crippen LogP contribution in [0.5, 0.6) is 0 Å². The third kappa shape index (κ3) is 2.83. The zero-order chi connectivity index (χ0) is 18.6. The Morgan fingerprint density at radius 3 is 2.54 bits per heavy atom. The molecule has 3 aliphatic rings. The Balaban J connectivity index is 1.57. The summed E-state index contributed by atoms with van der Waals surface area (Å²) in [7, 11) is 0. The van der Waals surface area contributed by atoms with E-state index in [4.69, 9.17) is 11.5 Å². The monoisotopic (exact) mass is 366 g/mol. The molecule has 1 aliphatic carbocycles. The number of rotatable bonds is 4. The number of piperidine rings is 1. The third-order valence-corrected chi connectivity index (χ3v) is 5.57. The fourth-order valence-electron chi connectivity index (χ4n) is 4.00. The fourth-order valence-corrected chi connectivity index (χ4v) is 4.00. The fraction of sp³-hybridized carbons (Fsp3) is 0.588. The number of fused-ring (bicyclic) bond motifs is 1. The molecule has 3 heterocycles. The number of halogens is 3.